The van der Waals surface area contributed by atoms with E-state index in [0.29, 0.717) is 15.5 Å². The van der Waals surface area contributed by atoms with Crippen LogP contribution in [0.4, 0.5) is 0 Å². The average molecular weight is 420 g/mol. The van der Waals surface area contributed by atoms with E-state index in [0.717, 1.165) is 5.56 Å². The molecule has 0 aliphatic carbocycles. The Morgan fingerprint density at radius 2 is 1.74 bits per heavy atom. The van der Waals surface area contributed by atoms with Gasteiger partial charge in [-0.1, -0.05) is 35.4 Å². The van der Waals surface area contributed by atoms with Crippen LogP contribution < -0.4 is 5.32 Å². The molecular weight excluding hydrogens is 402 g/mol. The molecule has 1 atom stereocenters. The molecular formula is C20H18ClNO3S2. The minimum atomic E-state index is -3.69. The summed E-state index contributed by atoms with van der Waals surface area (Å²) in [5, 5.41) is 4.18. The van der Waals surface area contributed by atoms with Crippen molar-refractivity contribution in [3.63, 3.8) is 0 Å². The van der Waals surface area contributed by atoms with Crippen molar-refractivity contribution in [3.8, 4) is 0 Å². The number of sulfone groups is 1. The van der Waals surface area contributed by atoms with E-state index in [1.54, 1.807) is 36.4 Å². The van der Waals surface area contributed by atoms with Gasteiger partial charge in [-0.15, -0.1) is 11.3 Å². The van der Waals surface area contributed by atoms with Crippen molar-refractivity contribution >= 4 is 38.7 Å². The highest BCUT2D eigenvalue weighted by Crippen LogP contribution is 2.32. The summed E-state index contributed by atoms with van der Waals surface area (Å²) in [6.45, 7) is 1.92. The van der Waals surface area contributed by atoms with Gasteiger partial charge >= 0.3 is 0 Å². The van der Waals surface area contributed by atoms with E-state index in [1.165, 1.54) is 23.5 Å². The van der Waals surface area contributed by atoms with E-state index in [2.05, 4.69) is 5.32 Å². The third-order valence-corrected chi connectivity index (χ3v) is 7.63. The van der Waals surface area contributed by atoms with Gasteiger partial charge in [0, 0.05) is 22.0 Å². The molecule has 2 aromatic carbocycles. The lowest BCUT2D eigenvalue weighted by Crippen LogP contribution is -2.31. The lowest BCUT2D eigenvalue weighted by Gasteiger charge is -2.17. The highest BCUT2D eigenvalue weighted by Gasteiger charge is 2.30. The van der Waals surface area contributed by atoms with Gasteiger partial charge in [0.05, 0.1) is 4.90 Å². The third-order valence-electron chi connectivity index (χ3n) is 4.14. The summed E-state index contributed by atoms with van der Waals surface area (Å²) in [5.41, 5.74) is 1.54. The Bertz CT molecular complexity index is 1010. The number of rotatable bonds is 6. The summed E-state index contributed by atoms with van der Waals surface area (Å²) < 4.78 is 26.3. The zero-order valence-corrected chi connectivity index (χ0v) is 16.9. The van der Waals surface area contributed by atoms with Crippen LogP contribution in [0.3, 0.4) is 0 Å². The van der Waals surface area contributed by atoms with Gasteiger partial charge in [0.25, 0.3) is 5.91 Å². The van der Waals surface area contributed by atoms with Crippen molar-refractivity contribution < 1.29 is 13.2 Å². The summed E-state index contributed by atoms with van der Waals surface area (Å²) in [6.07, 6.45) is 0. The van der Waals surface area contributed by atoms with Crippen LogP contribution in [-0.2, 0) is 9.84 Å². The fraction of sp³-hybridized carbons (Fsp3) is 0.150. The summed E-state index contributed by atoms with van der Waals surface area (Å²) in [7, 11) is -3.69. The summed E-state index contributed by atoms with van der Waals surface area (Å²) in [5.74, 6) is -0.303. The van der Waals surface area contributed by atoms with E-state index in [1.807, 2.05) is 24.4 Å². The summed E-state index contributed by atoms with van der Waals surface area (Å²) >= 11 is 7.22. The molecule has 4 nitrogen and oxygen atoms in total. The van der Waals surface area contributed by atoms with E-state index in [4.69, 9.17) is 11.6 Å². The molecule has 1 amide bonds. The van der Waals surface area contributed by atoms with Crippen LogP contribution in [0.1, 0.15) is 26.0 Å². The van der Waals surface area contributed by atoms with Gasteiger partial charge in [0.15, 0.2) is 9.84 Å². The number of halogens is 1. The molecule has 0 radical (unpaired) electrons. The molecule has 1 N–H and O–H groups in total. The number of hydrogen-bond acceptors (Lipinski definition) is 4. The highest BCUT2D eigenvalue weighted by molar-refractivity contribution is 7.91. The van der Waals surface area contributed by atoms with Gasteiger partial charge in [-0.3, -0.25) is 4.79 Å². The summed E-state index contributed by atoms with van der Waals surface area (Å²) in [6, 6.07) is 16.8. The fourth-order valence-corrected chi connectivity index (χ4v) is 5.53. The highest BCUT2D eigenvalue weighted by atomic mass is 35.5. The SMILES string of the molecule is Cc1ccc(C(=O)NC[C@@H](c2cccs2)S(=O)(=O)c2ccc(Cl)cc2)cc1. The number of nitrogens with one attached hydrogen (secondary N) is 1. The van der Waals surface area contributed by atoms with Gasteiger partial charge in [0.1, 0.15) is 5.25 Å². The predicted octanol–water partition coefficient (Wildman–Crippen LogP) is 4.65. The Labute approximate surface area is 167 Å². The van der Waals surface area contributed by atoms with Crippen LogP contribution >= 0.6 is 22.9 Å². The first-order valence-electron chi connectivity index (χ1n) is 8.25. The zero-order valence-electron chi connectivity index (χ0n) is 14.6. The van der Waals surface area contributed by atoms with E-state index >= 15 is 0 Å². The Morgan fingerprint density at radius 1 is 1.07 bits per heavy atom. The van der Waals surface area contributed by atoms with Gasteiger partial charge in [0.2, 0.25) is 0 Å². The maximum absolute atomic E-state index is 13.1. The molecule has 0 saturated carbocycles. The van der Waals surface area contributed by atoms with E-state index in [-0.39, 0.29) is 17.3 Å². The zero-order chi connectivity index (χ0) is 19.4. The molecule has 27 heavy (non-hydrogen) atoms. The number of benzene rings is 2. The average Bonchev–Trinajstić information content (AvgIpc) is 3.16. The fourth-order valence-electron chi connectivity index (χ4n) is 2.62. The largest absolute Gasteiger partial charge is 0.350 e. The number of aryl methyl sites for hydroxylation is 1. The lowest BCUT2D eigenvalue weighted by atomic mass is 10.1. The smallest absolute Gasteiger partial charge is 0.251 e. The molecule has 7 heteroatoms. The standard InChI is InChI=1S/C20H18ClNO3S2/c1-14-4-6-15(7-5-14)20(23)22-13-19(18-3-2-12-26-18)27(24,25)17-10-8-16(21)9-11-17/h2-12,19H,13H2,1H3,(H,22,23)/t19-/m0/s1. The molecule has 3 aromatic rings. The number of hydrogen-bond donors (Lipinski definition) is 1. The van der Waals surface area contributed by atoms with Crippen LogP contribution in [-0.4, -0.2) is 20.9 Å². The molecule has 1 heterocycles. The normalized spacial score (nSPS) is 12.5. The van der Waals surface area contributed by atoms with E-state index < -0.39 is 15.1 Å². The van der Waals surface area contributed by atoms with Crippen LogP contribution in [0, 0.1) is 6.92 Å². The quantitative estimate of drug-likeness (QED) is 0.632. The Hall–Kier alpha value is -2.15. The lowest BCUT2D eigenvalue weighted by molar-refractivity contribution is 0.0953. The first kappa shape index (κ1) is 19.6. The molecule has 0 fully saturated rings. The molecule has 0 aliphatic rings. The molecule has 0 aliphatic heterocycles. The van der Waals surface area contributed by atoms with Gasteiger partial charge in [-0.2, -0.15) is 0 Å². The Balaban J connectivity index is 1.85. The first-order valence-corrected chi connectivity index (χ1v) is 11.1. The van der Waals surface area contributed by atoms with Gasteiger partial charge in [-0.25, -0.2) is 8.42 Å². The second-order valence-electron chi connectivity index (χ2n) is 6.08. The monoisotopic (exact) mass is 419 g/mol. The molecule has 0 unspecified atom stereocenters. The Kier molecular flexibility index (Phi) is 5.99. The maximum atomic E-state index is 13.1. The molecule has 140 valence electrons. The molecule has 3 rings (SSSR count). The van der Waals surface area contributed by atoms with Gasteiger partial charge in [-0.05, 0) is 54.8 Å². The van der Waals surface area contributed by atoms with Crippen molar-refractivity contribution in [2.24, 2.45) is 0 Å². The van der Waals surface area contributed by atoms with E-state index in [9.17, 15) is 13.2 Å². The molecule has 0 saturated heterocycles. The number of amides is 1. The maximum Gasteiger partial charge on any atom is 0.251 e. The van der Waals surface area contributed by atoms with Crippen LogP contribution in [0.2, 0.25) is 5.02 Å². The van der Waals surface area contributed by atoms with Crippen molar-refractivity contribution in [3.05, 3.63) is 87.1 Å². The molecule has 0 bridgehead atoms. The van der Waals surface area contributed by atoms with Crippen molar-refractivity contribution in [2.75, 3.05) is 6.54 Å². The van der Waals surface area contributed by atoms with Crippen molar-refractivity contribution in [1.29, 1.82) is 0 Å². The molecule has 0 spiro atoms. The second-order valence-corrected chi connectivity index (χ2v) is 9.63. The predicted molar refractivity (Wildman–Crippen MR) is 109 cm³/mol. The summed E-state index contributed by atoms with van der Waals surface area (Å²) in [4.78, 5) is 13.3. The van der Waals surface area contributed by atoms with Gasteiger partial charge < -0.3 is 5.32 Å². The second kappa shape index (κ2) is 8.25. The van der Waals surface area contributed by atoms with Crippen molar-refractivity contribution in [2.45, 2.75) is 17.1 Å². The van der Waals surface area contributed by atoms with Crippen LogP contribution in [0.25, 0.3) is 0 Å². The number of thiophene rings is 1. The minimum absolute atomic E-state index is 0.0157. The van der Waals surface area contributed by atoms with Crippen molar-refractivity contribution in [1.82, 2.24) is 5.32 Å². The third kappa shape index (κ3) is 4.58. The van der Waals surface area contributed by atoms with Crippen LogP contribution in [0.5, 0.6) is 0 Å². The topological polar surface area (TPSA) is 63.2 Å². The number of carbonyl (C=O) groups excluding carboxylic acids is 1. The Morgan fingerprint density at radius 3 is 2.33 bits per heavy atom. The first-order chi connectivity index (χ1) is 12.9. The molecule has 1 aromatic heterocycles. The van der Waals surface area contributed by atoms with Crippen LogP contribution in [0.15, 0.2) is 70.9 Å². The minimum Gasteiger partial charge on any atom is -0.350 e. The number of carbonyl (C=O) groups is 1.